The quantitative estimate of drug-likeness (QED) is 0.532. The van der Waals surface area contributed by atoms with Crippen LogP contribution in [0, 0.1) is 6.92 Å². The number of ether oxygens (including phenoxy) is 1. The topological polar surface area (TPSA) is 24.8 Å². The lowest BCUT2D eigenvalue weighted by Gasteiger charge is -2.46. The molecule has 28 heavy (non-hydrogen) atoms. The van der Waals surface area contributed by atoms with Crippen LogP contribution < -0.4 is 4.74 Å². The van der Waals surface area contributed by atoms with Gasteiger partial charge in [0, 0.05) is 29.5 Å². The van der Waals surface area contributed by atoms with E-state index in [0.29, 0.717) is 5.02 Å². The maximum absolute atomic E-state index is 6.54. The Morgan fingerprint density at radius 1 is 1.00 bits per heavy atom. The van der Waals surface area contributed by atoms with E-state index >= 15 is 0 Å². The van der Waals surface area contributed by atoms with Crippen molar-refractivity contribution in [1.82, 2.24) is 5.01 Å². The fourth-order valence-corrected chi connectivity index (χ4v) is 4.25. The predicted octanol–water partition coefficient (Wildman–Crippen LogP) is 6.06. The highest BCUT2D eigenvalue weighted by molar-refractivity contribution is 6.30. The van der Waals surface area contributed by atoms with Crippen LogP contribution >= 0.6 is 11.6 Å². The summed E-state index contributed by atoms with van der Waals surface area (Å²) in [7, 11) is 0. The zero-order valence-electron chi connectivity index (χ0n) is 15.9. The predicted molar refractivity (Wildman–Crippen MR) is 113 cm³/mol. The van der Waals surface area contributed by atoms with Gasteiger partial charge in [-0.05, 0) is 30.7 Å². The third-order valence-electron chi connectivity index (χ3n) is 5.70. The summed E-state index contributed by atoms with van der Waals surface area (Å²) in [6, 6.07) is 24.8. The monoisotopic (exact) mass is 388 g/mol. The van der Waals surface area contributed by atoms with Crippen LogP contribution in [-0.4, -0.2) is 10.7 Å². The molecule has 0 aromatic heterocycles. The van der Waals surface area contributed by atoms with Crippen molar-refractivity contribution in [2.45, 2.75) is 32.0 Å². The number of hydrazone groups is 1. The maximum Gasteiger partial charge on any atom is 0.221 e. The van der Waals surface area contributed by atoms with Gasteiger partial charge >= 0.3 is 0 Å². The van der Waals surface area contributed by atoms with Crippen LogP contribution in [0.25, 0.3) is 0 Å². The Kier molecular flexibility index (Phi) is 3.95. The number of hydrogen-bond acceptors (Lipinski definition) is 3. The molecule has 2 aliphatic heterocycles. The number of para-hydroxylation sites is 1. The summed E-state index contributed by atoms with van der Waals surface area (Å²) in [5.74, 6) is 0.918. The standard InChI is InChI=1S/C24H21ClN2O/c1-16-7-9-17(10-8-16)21-15-22-20-5-3-4-6-23(20)28-24(2,27(22)26-21)18-11-13-19(25)14-12-18/h3-14,22H,15H2,1-2H3/t22-,24-/m0/s1. The number of hydrogen-bond donors (Lipinski definition) is 0. The molecule has 0 unspecified atom stereocenters. The molecule has 140 valence electrons. The number of aryl methyl sites for hydroxylation is 1. The molecule has 3 aromatic rings. The first kappa shape index (κ1) is 17.3. The van der Waals surface area contributed by atoms with Crippen LogP contribution in [0.15, 0.2) is 77.9 Å². The SMILES string of the molecule is Cc1ccc(C2=NN3[C@@H](C2)c2ccccc2O[C@@]3(C)c2ccc(Cl)cc2)cc1. The van der Waals surface area contributed by atoms with Gasteiger partial charge in [0.05, 0.1) is 11.8 Å². The molecule has 3 aromatic carbocycles. The third-order valence-corrected chi connectivity index (χ3v) is 5.95. The van der Waals surface area contributed by atoms with E-state index in [2.05, 4.69) is 55.3 Å². The average molecular weight is 389 g/mol. The van der Waals surface area contributed by atoms with Crippen LogP contribution in [0.2, 0.25) is 5.02 Å². The Morgan fingerprint density at radius 2 is 1.71 bits per heavy atom. The van der Waals surface area contributed by atoms with Crippen molar-refractivity contribution in [1.29, 1.82) is 0 Å². The molecule has 0 N–H and O–H groups in total. The van der Waals surface area contributed by atoms with Crippen molar-refractivity contribution in [3.8, 4) is 5.75 Å². The minimum absolute atomic E-state index is 0.141. The summed E-state index contributed by atoms with van der Waals surface area (Å²) in [5.41, 5.74) is 5.02. The number of rotatable bonds is 2. The average Bonchev–Trinajstić information content (AvgIpc) is 3.16. The molecule has 5 rings (SSSR count). The zero-order chi connectivity index (χ0) is 19.3. The molecule has 3 nitrogen and oxygen atoms in total. The van der Waals surface area contributed by atoms with Crippen LogP contribution in [0.5, 0.6) is 5.75 Å². The van der Waals surface area contributed by atoms with Crippen molar-refractivity contribution >= 4 is 17.3 Å². The smallest absolute Gasteiger partial charge is 0.221 e. The van der Waals surface area contributed by atoms with Gasteiger partial charge in [-0.1, -0.05) is 71.8 Å². The molecule has 0 aliphatic carbocycles. The highest BCUT2D eigenvalue weighted by Gasteiger charge is 2.48. The Balaban J connectivity index is 1.64. The van der Waals surface area contributed by atoms with Gasteiger partial charge in [0.2, 0.25) is 5.72 Å². The van der Waals surface area contributed by atoms with Gasteiger partial charge in [0.1, 0.15) is 5.75 Å². The van der Waals surface area contributed by atoms with Crippen LogP contribution in [-0.2, 0) is 5.72 Å². The second-order valence-electron chi connectivity index (χ2n) is 7.61. The lowest BCUT2D eigenvalue weighted by molar-refractivity contribution is -0.112. The molecule has 0 bridgehead atoms. The number of benzene rings is 3. The lowest BCUT2D eigenvalue weighted by atomic mass is 9.92. The van der Waals surface area contributed by atoms with Gasteiger partial charge in [-0.2, -0.15) is 5.10 Å². The van der Waals surface area contributed by atoms with Crippen molar-refractivity contribution < 1.29 is 4.74 Å². The second-order valence-corrected chi connectivity index (χ2v) is 8.04. The van der Waals surface area contributed by atoms with E-state index in [1.807, 2.05) is 36.4 Å². The molecule has 4 heteroatoms. The van der Waals surface area contributed by atoms with E-state index in [1.165, 1.54) is 11.1 Å². The third kappa shape index (κ3) is 2.70. The summed E-state index contributed by atoms with van der Waals surface area (Å²) in [5, 5.41) is 7.88. The van der Waals surface area contributed by atoms with Crippen molar-refractivity contribution in [3.63, 3.8) is 0 Å². The summed E-state index contributed by atoms with van der Waals surface area (Å²) in [6.45, 7) is 4.19. The summed E-state index contributed by atoms with van der Waals surface area (Å²) in [4.78, 5) is 0. The van der Waals surface area contributed by atoms with Crippen LogP contribution in [0.3, 0.4) is 0 Å². The molecule has 0 radical (unpaired) electrons. The first-order chi connectivity index (χ1) is 13.5. The Labute approximate surface area is 170 Å². The molecular weight excluding hydrogens is 368 g/mol. The first-order valence-corrected chi connectivity index (χ1v) is 9.90. The molecule has 0 fully saturated rings. The fourth-order valence-electron chi connectivity index (χ4n) is 4.13. The van der Waals surface area contributed by atoms with Crippen LogP contribution in [0.4, 0.5) is 0 Å². The van der Waals surface area contributed by atoms with Crippen molar-refractivity contribution in [2.75, 3.05) is 0 Å². The van der Waals surface area contributed by atoms with E-state index in [4.69, 9.17) is 21.4 Å². The van der Waals surface area contributed by atoms with Crippen LogP contribution in [0.1, 0.15) is 41.6 Å². The molecule has 0 saturated carbocycles. The molecule has 2 atom stereocenters. The lowest BCUT2D eigenvalue weighted by Crippen LogP contribution is -2.48. The summed E-state index contributed by atoms with van der Waals surface area (Å²) < 4.78 is 6.54. The van der Waals surface area contributed by atoms with Gasteiger partial charge in [0.15, 0.2) is 0 Å². The first-order valence-electron chi connectivity index (χ1n) is 9.52. The van der Waals surface area contributed by atoms with Gasteiger partial charge in [-0.15, -0.1) is 0 Å². The van der Waals surface area contributed by atoms with E-state index < -0.39 is 5.72 Å². The molecule has 0 amide bonds. The molecule has 0 saturated heterocycles. The number of fused-ring (bicyclic) bond motifs is 3. The molecule has 2 heterocycles. The highest BCUT2D eigenvalue weighted by atomic mass is 35.5. The zero-order valence-corrected chi connectivity index (χ0v) is 16.6. The van der Waals surface area contributed by atoms with E-state index in [9.17, 15) is 0 Å². The van der Waals surface area contributed by atoms with Gasteiger partial charge in [-0.25, -0.2) is 5.01 Å². The molecular formula is C24H21ClN2O. The largest absolute Gasteiger partial charge is 0.462 e. The van der Waals surface area contributed by atoms with Gasteiger partial charge in [0.25, 0.3) is 0 Å². The van der Waals surface area contributed by atoms with Gasteiger partial charge < -0.3 is 4.74 Å². The Hall–Kier alpha value is -2.78. The number of halogens is 1. The summed E-state index contributed by atoms with van der Waals surface area (Å²) >= 11 is 6.12. The Bertz CT molecular complexity index is 1060. The molecule has 2 aliphatic rings. The summed E-state index contributed by atoms with van der Waals surface area (Å²) in [6.07, 6.45) is 0.854. The van der Waals surface area contributed by atoms with E-state index in [1.54, 1.807) is 0 Å². The van der Waals surface area contributed by atoms with Gasteiger partial charge in [-0.3, -0.25) is 0 Å². The van der Waals surface area contributed by atoms with E-state index in [-0.39, 0.29) is 6.04 Å². The fraction of sp³-hybridized carbons (Fsp3) is 0.208. The minimum atomic E-state index is -0.698. The highest BCUT2D eigenvalue weighted by Crippen LogP contribution is 2.50. The van der Waals surface area contributed by atoms with E-state index in [0.717, 1.165) is 29.0 Å². The molecule has 0 spiro atoms. The minimum Gasteiger partial charge on any atom is -0.462 e. The number of nitrogens with zero attached hydrogens (tertiary/aromatic N) is 2. The normalized spacial score (nSPS) is 22.9. The van der Waals surface area contributed by atoms with Crippen molar-refractivity contribution in [3.05, 3.63) is 100 Å². The second kappa shape index (κ2) is 6.39. The Morgan fingerprint density at radius 3 is 2.46 bits per heavy atom. The van der Waals surface area contributed by atoms with Crippen molar-refractivity contribution in [2.24, 2.45) is 5.10 Å². The maximum atomic E-state index is 6.54.